The zero-order chi connectivity index (χ0) is 21.9. The van der Waals surface area contributed by atoms with E-state index in [0.29, 0.717) is 0 Å². The van der Waals surface area contributed by atoms with Gasteiger partial charge in [0.25, 0.3) is 5.91 Å². The molecule has 9 nitrogen and oxygen atoms in total. The number of carbonyl (C=O) groups excluding carboxylic acids is 1. The highest BCUT2D eigenvalue weighted by Gasteiger charge is 2.21. The number of aryl methyl sites for hydroxylation is 1. The standard InChI is InChI=1S/C19H23N3O2.C2H2O4/c1-16-3-2-4-18(13-16)24-15-19(23)22-11-9-21(10-12-22)14-17-5-7-20-8-6-17;3-1(4)2(5)6/h2-8,13H,9-12,14-15H2,1H3;(H,3,4)(H,5,6). The Bertz CT molecular complexity index is 839. The highest BCUT2D eigenvalue weighted by atomic mass is 16.5. The number of carboxylic acid groups (broad SMARTS) is 2. The topological polar surface area (TPSA) is 120 Å². The van der Waals surface area contributed by atoms with E-state index < -0.39 is 11.9 Å². The Morgan fingerprint density at radius 2 is 1.63 bits per heavy atom. The van der Waals surface area contributed by atoms with E-state index in [1.807, 2.05) is 60.6 Å². The molecular formula is C21H25N3O6. The van der Waals surface area contributed by atoms with Crippen molar-refractivity contribution in [1.29, 1.82) is 0 Å². The highest BCUT2D eigenvalue weighted by Crippen LogP contribution is 2.13. The van der Waals surface area contributed by atoms with Gasteiger partial charge in [-0.3, -0.25) is 14.7 Å². The summed E-state index contributed by atoms with van der Waals surface area (Å²) >= 11 is 0. The number of benzene rings is 1. The molecule has 0 radical (unpaired) electrons. The lowest BCUT2D eigenvalue weighted by Crippen LogP contribution is -2.49. The summed E-state index contributed by atoms with van der Waals surface area (Å²) in [5.41, 5.74) is 2.39. The largest absolute Gasteiger partial charge is 0.484 e. The first-order valence-electron chi connectivity index (χ1n) is 9.40. The van der Waals surface area contributed by atoms with Gasteiger partial charge in [-0.05, 0) is 42.3 Å². The first kappa shape index (κ1) is 22.8. The van der Waals surface area contributed by atoms with E-state index in [2.05, 4.69) is 9.88 Å². The Morgan fingerprint density at radius 3 is 2.20 bits per heavy atom. The van der Waals surface area contributed by atoms with E-state index in [1.165, 1.54) is 5.56 Å². The number of ether oxygens (including phenoxy) is 1. The van der Waals surface area contributed by atoms with Gasteiger partial charge in [0.05, 0.1) is 0 Å². The van der Waals surface area contributed by atoms with Gasteiger partial charge in [0.2, 0.25) is 0 Å². The molecule has 0 saturated carbocycles. The van der Waals surface area contributed by atoms with Gasteiger partial charge in [0, 0.05) is 45.1 Å². The summed E-state index contributed by atoms with van der Waals surface area (Å²) in [7, 11) is 0. The van der Waals surface area contributed by atoms with Crippen molar-refractivity contribution in [3.05, 3.63) is 59.9 Å². The first-order valence-corrected chi connectivity index (χ1v) is 9.40. The molecule has 2 N–H and O–H groups in total. The fourth-order valence-corrected chi connectivity index (χ4v) is 2.84. The normalized spacial score (nSPS) is 13.7. The lowest BCUT2D eigenvalue weighted by Gasteiger charge is -2.34. The monoisotopic (exact) mass is 415 g/mol. The summed E-state index contributed by atoms with van der Waals surface area (Å²) in [5, 5.41) is 14.8. The van der Waals surface area contributed by atoms with Crippen molar-refractivity contribution in [1.82, 2.24) is 14.8 Å². The summed E-state index contributed by atoms with van der Waals surface area (Å²) in [6, 6.07) is 11.8. The van der Waals surface area contributed by atoms with Gasteiger partial charge in [-0.15, -0.1) is 0 Å². The minimum atomic E-state index is -1.82. The summed E-state index contributed by atoms with van der Waals surface area (Å²) in [6.45, 7) is 6.30. The minimum Gasteiger partial charge on any atom is -0.484 e. The van der Waals surface area contributed by atoms with Crippen molar-refractivity contribution in [3.63, 3.8) is 0 Å². The molecule has 1 aromatic carbocycles. The number of hydrogen-bond acceptors (Lipinski definition) is 6. The van der Waals surface area contributed by atoms with E-state index in [9.17, 15) is 4.79 Å². The van der Waals surface area contributed by atoms with Crippen LogP contribution in [0.1, 0.15) is 11.1 Å². The first-order chi connectivity index (χ1) is 14.3. The highest BCUT2D eigenvalue weighted by molar-refractivity contribution is 6.27. The van der Waals surface area contributed by atoms with Crippen LogP contribution in [0.5, 0.6) is 5.75 Å². The zero-order valence-corrected chi connectivity index (χ0v) is 16.7. The van der Waals surface area contributed by atoms with E-state index >= 15 is 0 Å². The van der Waals surface area contributed by atoms with Gasteiger partial charge in [-0.25, -0.2) is 9.59 Å². The van der Waals surface area contributed by atoms with Gasteiger partial charge in [0.1, 0.15) is 5.75 Å². The maximum Gasteiger partial charge on any atom is 0.414 e. The fraction of sp³-hybridized carbons (Fsp3) is 0.333. The molecule has 0 atom stereocenters. The number of aliphatic carboxylic acids is 2. The maximum atomic E-state index is 12.3. The van der Waals surface area contributed by atoms with E-state index in [0.717, 1.165) is 44.0 Å². The van der Waals surface area contributed by atoms with E-state index in [1.54, 1.807) is 0 Å². The number of amides is 1. The quantitative estimate of drug-likeness (QED) is 0.701. The molecule has 160 valence electrons. The lowest BCUT2D eigenvalue weighted by atomic mass is 10.2. The molecule has 9 heteroatoms. The van der Waals surface area contributed by atoms with Gasteiger partial charge in [-0.1, -0.05) is 12.1 Å². The molecule has 0 bridgehead atoms. The molecule has 1 saturated heterocycles. The fourth-order valence-electron chi connectivity index (χ4n) is 2.84. The van der Waals surface area contributed by atoms with Crippen LogP contribution in [-0.4, -0.2) is 75.6 Å². The van der Waals surface area contributed by atoms with E-state index in [-0.39, 0.29) is 12.5 Å². The number of carboxylic acids is 2. The summed E-state index contributed by atoms with van der Waals surface area (Å²) in [4.78, 5) is 38.8. The molecule has 1 aliphatic heterocycles. The van der Waals surface area contributed by atoms with E-state index in [4.69, 9.17) is 24.5 Å². The number of rotatable bonds is 5. The average Bonchev–Trinajstić information content (AvgIpc) is 2.74. The van der Waals surface area contributed by atoms with Crippen LogP contribution < -0.4 is 4.74 Å². The van der Waals surface area contributed by atoms with Crippen molar-refractivity contribution in [2.75, 3.05) is 32.8 Å². The Morgan fingerprint density at radius 1 is 1.00 bits per heavy atom. The molecule has 2 heterocycles. The maximum absolute atomic E-state index is 12.3. The van der Waals surface area contributed by atoms with Crippen LogP contribution >= 0.6 is 0 Å². The van der Waals surface area contributed by atoms with Crippen LogP contribution in [0.3, 0.4) is 0 Å². The van der Waals surface area contributed by atoms with Gasteiger partial charge in [0.15, 0.2) is 6.61 Å². The molecule has 1 aromatic heterocycles. The molecule has 0 aliphatic carbocycles. The Kier molecular flexibility index (Phi) is 8.76. The second-order valence-corrected chi connectivity index (χ2v) is 6.73. The Labute approximate surface area is 174 Å². The average molecular weight is 415 g/mol. The van der Waals surface area contributed by atoms with Gasteiger partial charge in [-0.2, -0.15) is 0 Å². The van der Waals surface area contributed by atoms with Crippen molar-refractivity contribution in [2.24, 2.45) is 0 Å². The third-order valence-electron chi connectivity index (χ3n) is 4.42. The summed E-state index contributed by atoms with van der Waals surface area (Å²) in [6.07, 6.45) is 3.63. The number of aromatic nitrogens is 1. The molecule has 1 fully saturated rings. The van der Waals surface area contributed by atoms with Crippen molar-refractivity contribution in [2.45, 2.75) is 13.5 Å². The number of piperazine rings is 1. The SMILES string of the molecule is Cc1cccc(OCC(=O)N2CCN(Cc3ccncc3)CC2)c1.O=C(O)C(=O)O. The van der Waals surface area contributed by atoms with Crippen LogP contribution in [0, 0.1) is 6.92 Å². The Hall–Kier alpha value is -3.46. The third-order valence-corrected chi connectivity index (χ3v) is 4.42. The number of pyridine rings is 1. The Balaban J connectivity index is 0.000000469. The summed E-state index contributed by atoms with van der Waals surface area (Å²) in [5.74, 6) is -2.84. The second kappa shape index (κ2) is 11.5. The van der Waals surface area contributed by atoms with Gasteiger partial charge >= 0.3 is 11.9 Å². The third kappa shape index (κ3) is 7.88. The molecule has 2 aromatic rings. The molecule has 0 unspecified atom stereocenters. The van der Waals surface area contributed by atoms with Crippen LogP contribution in [0.2, 0.25) is 0 Å². The van der Waals surface area contributed by atoms with Crippen LogP contribution in [0.25, 0.3) is 0 Å². The molecule has 0 spiro atoms. The molecular weight excluding hydrogens is 390 g/mol. The van der Waals surface area contributed by atoms with Crippen LogP contribution in [0.15, 0.2) is 48.8 Å². The number of nitrogens with zero attached hydrogens (tertiary/aromatic N) is 3. The van der Waals surface area contributed by atoms with Gasteiger partial charge < -0.3 is 19.8 Å². The van der Waals surface area contributed by atoms with Crippen molar-refractivity contribution < 1.29 is 29.3 Å². The minimum absolute atomic E-state index is 0.0556. The smallest absolute Gasteiger partial charge is 0.414 e. The zero-order valence-electron chi connectivity index (χ0n) is 16.7. The molecule has 30 heavy (non-hydrogen) atoms. The van der Waals surface area contributed by atoms with Crippen molar-refractivity contribution in [3.8, 4) is 5.75 Å². The molecule has 1 amide bonds. The predicted molar refractivity (Wildman–Crippen MR) is 108 cm³/mol. The lowest BCUT2D eigenvalue weighted by molar-refractivity contribution is -0.159. The predicted octanol–water partition coefficient (Wildman–Crippen LogP) is 1.27. The molecule has 3 rings (SSSR count). The second-order valence-electron chi connectivity index (χ2n) is 6.73. The molecule has 1 aliphatic rings. The number of hydrogen-bond donors (Lipinski definition) is 2. The van der Waals surface area contributed by atoms with Crippen LogP contribution in [0.4, 0.5) is 0 Å². The van der Waals surface area contributed by atoms with Crippen molar-refractivity contribution >= 4 is 17.8 Å². The number of carbonyl (C=O) groups is 3. The van der Waals surface area contributed by atoms with Crippen LogP contribution in [-0.2, 0) is 20.9 Å². The summed E-state index contributed by atoms with van der Waals surface area (Å²) < 4.78 is 5.61.